The number of rotatable bonds is 6. The number of hydrogen-bond donors (Lipinski definition) is 1. The lowest BCUT2D eigenvalue weighted by atomic mass is 9.81. The molecular weight excluding hydrogens is 288 g/mol. The van der Waals surface area contributed by atoms with Crippen molar-refractivity contribution in [2.75, 3.05) is 6.54 Å². The molecule has 1 aliphatic rings. The van der Waals surface area contributed by atoms with Gasteiger partial charge in [0.1, 0.15) is 0 Å². The minimum absolute atomic E-state index is 0.140. The molecule has 0 atom stereocenters. The molecule has 116 valence electrons. The summed E-state index contributed by atoms with van der Waals surface area (Å²) >= 11 is 5.93. The van der Waals surface area contributed by atoms with E-state index in [1.165, 1.54) is 38.2 Å². The van der Waals surface area contributed by atoms with Gasteiger partial charge in [-0.3, -0.25) is 10.1 Å². The van der Waals surface area contributed by atoms with Crippen LogP contribution in [0.15, 0.2) is 18.2 Å². The van der Waals surface area contributed by atoms with Crippen LogP contribution in [0.25, 0.3) is 0 Å². The molecule has 0 saturated heterocycles. The molecule has 1 saturated carbocycles. The molecule has 1 aliphatic carbocycles. The van der Waals surface area contributed by atoms with E-state index in [2.05, 4.69) is 12.2 Å². The minimum atomic E-state index is -0.347. The normalized spacial score (nSPS) is 22.2. The molecule has 0 aliphatic heterocycles. The molecule has 0 heterocycles. The van der Waals surface area contributed by atoms with E-state index >= 15 is 0 Å². The number of hydrogen-bond acceptors (Lipinski definition) is 3. The molecular formula is C16H23ClN2O2. The Labute approximate surface area is 131 Å². The van der Waals surface area contributed by atoms with Crippen molar-refractivity contribution < 1.29 is 4.92 Å². The summed E-state index contributed by atoms with van der Waals surface area (Å²) in [4.78, 5) is 10.7. The van der Waals surface area contributed by atoms with E-state index in [1.807, 2.05) is 0 Å². The average Bonchev–Trinajstić information content (AvgIpc) is 2.48. The lowest BCUT2D eigenvalue weighted by Crippen LogP contribution is -2.26. The molecule has 0 unspecified atom stereocenters. The Kier molecular flexibility index (Phi) is 6.00. The van der Waals surface area contributed by atoms with E-state index in [1.54, 1.807) is 12.1 Å². The molecule has 0 radical (unpaired) electrons. The summed E-state index contributed by atoms with van der Waals surface area (Å²) in [6.07, 6.45) is 6.46. The van der Waals surface area contributed by atoms with E-state index in [0.717, 1.165) is 12.5 Å². The Morgan fingerprint density at radius 1 is 1.29 bits per heavy atom. The van der Waals surface area contributed by atoms with Crippen LogP contribution in [0.4, 0.5) is 5.69 Å². The lowest BCUT2D eigenvalue weighted by Gasteiger charge is -2.27. The van der Waals surface area contributed by atoms with Crippen LogP contribution in [0.5, 0.6) is 0 Å². The Morgan fingerprint density at radius 2 is 1.95 bits per heavy atom. The average molecular weight is 311 g/mol. The summed E-state index contributed by atoms with van der Waals surface area (Å²) in [5.41, 5.74) is 0.802. The maximum Gasteiger partial charge on any atom is 0.273 e. The third-order valence-electron chi connectivity index (χ3n) is 4.53. The summed E-state index contributed by atoms with van der Waals surface area (Å²) in [5, 5.41) is 14.9. The van der Waals surface area contributed by atoms with Gasteiger partial charge in [-0.25, -0.2) is 0 Å². The predicted octanol–water partition coefficient (Wildman–Crippen LogP) is 4.55. The molecule has 5 heteroatoms. The van der Waals surface area contributed by atoms with Crippen LogP contribution in [0.2, 0.25) is 5.02 Å². The van der Waals surface area contributed by atoms with Crippen LogP contribution in [-0.2, 0) is 6.54 Å². The zero-order chi connectivity index (χ0) is 15.2. The Bertz CT molecular complexity index is 485. The van der Waals surface area contributed by atoms with Crippen molar-refractivity contribution in [3.63, 3.8) is 0 Å². The molecule has 0 aromatic heterocycles. The zero-order valence-corrected chi connectivity index (χ0v) is 13.2. The van der Waals surface area contributed by atoms with Crippen molar-refractivity contribution >= 4 is 17.3 Å². The van der Waals surface area contributed by atoms with Crippen LogP contribution in [0.1, 0.15) is 44.6 Å². The van der Waals surface area contributed by atoms with Gasteiger partial charge in [0.05, 0.1) is 4.92 Å². The maximum absolute atomic E-state index is 11.0. The molecule has 1 fully saturated rings. The summed E-state index contributed by atoms with van der Waals surface area (Å²) in [6, 6.07) is 4.72. The van der Waals surface area contributed by atoms with Gasteiger partial charge in [0.15, 0.2) is 0 Å². The van der Waals surface area contributed by atoms with Gasteiger partial charge in [-0.05, 0) is 43.4 Å². The largest absolute Gasteiger partial charge is 0.312 e. The lowest BCUT2D eigenvalue weighted by molar-refractivity contribution is -0.385. The number of benzene rings is 1. The van der Waals surface area contributed by atoms with Crippen LogP contribution in [0.3, 0.4) is 0 Å². The fraction of sp³-hybridized carbons (Fsp3) is 0.625. The van der Waals surface area contributed by atoms with Crippen LogP contribution in [-0.4, -0.2) is 11.5 Å². The van der Waals surface area contributed by atoms with Crippen LogP contribution < -0.4 is 5.32 Å². The molecule has 1 aromatic carbocycles. The van der Waals surface area contributed by atoms with Crippen molar-refractivity contribution in [1.29, 1.82) is 0 Å². The zero-order valence-electron chi connectivity index (χ0n) is 12.5. The van der Waals surface area contributed by atoms with Crippen LogP contribution >= 0.6 is 11.6 Å². The van der Waals surface area contributed by atoms with Crippen molar-refractivity contribution in [2.24, 2.45) is 11.8 Å². The molecule has 0 bridgehead atoms. The van der Waals surface area contributed by atoms with Crippen LogP contribution in [0, 0.1) is 22.0 Å². The second-order valence-corrected chi connectivity index (χ2v) is 6.39. The van der Waals surface area contributed by atoms with E-state index in [4.69, 9.17) is 11.6 Å². The summed E-state index contributed by atoms with van der Waals surface area (Å²) < 4.78 is 0. The molecule has 0 amide bonds. The van der Waals surface area contributed by atoms with E-state index in [9.17, 15) is 10.1 Å². The van der Waals surface area contributed by atoms with Crippen molar-refractivity contribution in [1.82, 2.24) is 5.32 Å². The first-order valence-corrected chi connectivity index (χ1v) is 8.11. The Morgan fingerprint density at radius 3 is 2.57 bits per heavy atom. The Balaban J connectivity index is 1.84. The minimum Gasteiger partial charge on any atom is -0.312 e. The first-order valence-electron chi connectivity index (χ1n) is 7.73. The SMILES string of the molecule is CCC1CCC(CNCc2cc(Cl)ccc2[N+](=O)[O-])CC1. The van der Waals surface area contributed by atoms with E-state index in [-0.39, 0.29) is 10.6 Å². The number of halogens is 1. The van der Waals surface area contributed by atoms with Crippen molar-refractivity contribution in [2.45, 2.75) is 45.6 Å². The van der Waals surface area contributed by atoms with Gasteiger partial charge in [-0.15, -0.1) is 0 Å². The first kappa shape index (κ1) is 16.2. The smallest absolute Gasteiger partial charge is 0.273 e. The van der Waals surface area contributed by atoms with E-state index in [0.29, 0.717) is 23.0 Å². The topological polar surface area (TPSA) is 55.2 Å². The van der Waals surface area contributed by atoms with Gasteiger partial charge >= 0.3 is 0 Å². The number of nitrogens with zero attached hydrogens (tertiary/aromatic N) is 1. The molecule has 1 aromatic rings. The molecule has 21 heavy (non-hydrogen) atoms. The van der Waals surface area contributed by atoms with Crippen molar-refractivity contribution in [3.05, 3.63) is 38.9 Å². The molecule has 2 rings (SSSR count). The maximum atomic E-state index is 11.0. The van der Waals surface area contributed by atoms with Gasteiger partial charge < -0.3 is 5.32 Å². The number of nitrogens with one attached hydrogen (secondary N) is 1. The summed E-state index contributed by atoms with van der Waals surface area (Å²) in [7, 11) is 0. The van der Waals surface area contributed by atoms with Gasteiger partial charge in [-0.2, -0.15) is 0 Å². The highest BCUT2D eigenvalue weighted by atomic mass is 35.5. The third kappa shape index (κ3) is 4.68. The van der Waals surface area contributed by atoms with Gasteiger partial charge in [-0.1, -0.05) is 37.8 Å². The fourth-order valence-corrected chi connectivity index (χ4v) is 3.32. The van der Waals surface area contributed by atoms with Gasteiger partial charge in [0.25, 0.3) is 5.69 Å². The predicted molar refractivity (Wildman–Crippen MR) is 85.6 cm³/mol. The summed E-state index contributed by atoms with van der Waals surface area (Å²) in [6.45, 7) is 3.70. The number of nitro benzene ring substituents is 1. The molecule has 1 N–H and O–H groups in total. The highest BCUT2D eigenvalue weighted by Crippen LogP contribution is 2.30. The third-order valence-corrected chi connectivity index (χ3v) is 4.77. The Hall–Kier alpha value is -1.13. The summed E-state index contributed by atoms with van der Waals surface area (Å²) in [5.74, 6) is 1.60. The first-order chi connectivity index (χ1) is 10.1. The standard InChI is InChI=1S/C16H23ClN2O2/c1-2-12-3-5-13(6-4-12)10-18-11-14-9-15(17)7-8-16(14)19(20)21/h7-9,12-13,18H,2-6,10-11H2,1H3. The highest BCUT2D eigenvalue weighted by molar-refractivity contribution is 6.30. The molecule has 4 nitrogen and oxygen atoms in total. The van der Waals surface area contributed by atoms with Gasteiger partial charge in [0.2, 0.25) is 0 Å². The highest BCUT2D eigenvalue weighted by Gasteiger charge is 2.20. The molecule has 0 spiro atoms. The van der Waals surface area contributed by atoms with Gasteiger partial charge in [0, 0.05) is 23.2 Å². The van der Waals surface area contributed by atoms with E-state index < -0.39 is 0 Å². The van der Waals surface area contributed by atoms with Crippen molar-refractivity contribution in [3.8, 4) is 0 Å². The monoisotopic (exact) mass is 310 g/mol. The fourth-order valence-electron chi connectivity index (χ4n) is 3.13. The second kappa shape index (κ2) is 7.76. The quantitative estimate of drug-likeness (QED) is 0.619. The number of nitro groups is 1. The second-order valence-electron chi connectivity index (χ2n) is 5.96.